The minimum atomic E-state index is -2.48. The summed E-state index contributed by atoms with van der Waals surface area (Å²) in [6, 6.07) is 0. The van der Waals surface area contributed by atoms with Gasteiger partial charge in [0, 0.05) is 18.3 Å². The zero-order chi connectivity index (χ0) is 12.6. The third-order valence-electron chi connectivity index (χ3n) is 1.84. The second-order valence-corrected chi connectivity index (χ2v) is 4.85. The standard InChI is InChI=1S/C10H18BrF2NO2/c1-10(2,6-11)7-14-9(15)3-4-16-5-8(12)13/h8H,3-7H2,1-2H3,(H,14,15). The third-order valence-corrected chi connectivity index (χ3v) is 3.36. The van der Waals surface area contributed by atoms with Crippen molar-refractivity contribution < 1.29 is 18.3 Å². The molecule has 0 aliphatic rings. The van der Waals surface area contributed by atoms with Gasteiger partial charge >= 0.3 is 0 Å². The second-order valence-electron chi connectivity index (χ2n) is 4.29. The number of amides is 1. The highest BCUT2D eigenvalue weighted by molar-refractivity contribution is 9.09. The van der Waals surface area contributed by atoms with Crippen molar-refractivity contribution >= 4 is 21.8 Å². The normalized spacial score (nSPS) is 11.9. The quantitative estimate of drug-likeness (QED) is 0.551. The number of rotatable bonds is 8. The van der Waals surface area contributed by atoms with E-state index in [1.807, 2.05) is 13.8 Å². The van der Waals surface area contributed by atoms with Crippen molar-refractivity contribution in [2.24, 2.45) is 5.41 Å². The first-order valence-electron chi connectivity index (χ1n) is 5.06. The highest BCUT2D eigenvalue weighted by atomic mass is 79.9. The molecule has 0 heterocycles. The van der Waals surface area contributed by atoms with E-state index in [1.165, 1.54) is 0 Å². The smallest absolute Gasteiger partial charge is 0.261 e. The average Bonchev–Trinajstić information content (AvgIpc) is 2.21. The molecule has 6 heteroatoms. The Hall–Kier alpha value is -0.230. The molecule has 1 amide bonds. The van der Waals surface area contributed by atoms with E-state index in [-0.39, 0.29) is 24.3 Å². The monoisotopic (exact) mass is 301 g/mol. The van der Waals surface area contributed by atoms with Gasteiger partial charge in [0.1, 0.15) is 6.61 Å². The summed E-state index contributed by atoms with van der Waals surface area (Å²) in [5, 5.41) is 3.51. The molecule has 96 valence electrons. The van der Waals surface area contributed by atoms with Gasteiger partial charge in [-0.05, 0) is 5.41 Å². The van der Waals surface area contributed by atoms with Crippen LogP contribution in [0.25, 0.3) is 0 Å². The van der Waals surface area contributed by atoms with Crippen LogP contribution < -0.4 is 5.32 Å². The van der Waals surface area contributed by atoms with Gasteiger partial charge in [-0.25, -0.2) is 8.78 Å². The molecule has 0 radical (unpaired) electrons. The Balaban J connectivity index is 3.52. The van der Waals surface area contributed by atoms with E-state index < -0.39 is 13.0 Å². The Labute approximate surface area is 103 Å². The van der Waals surface area contributed by atoms with Gasteiger partial charge in [-0.1, -0.05) is 29.8 Å². The first-order valence-corrected chi connectivity index (χ1v) is 6.18. The van der Waals surface area contributed by atoms with Crippen LogP contribution >= 0.6 is 15.9 Å². The van der Waals surface area contributed by atoms with E-state index in [0.29, 0.717) is 6.54 Å². The summed E-state index contributed by atoms with van der Waals surface area (Å²) in [5.74, 6) is -0.178. The SMILES string of the molecule is CC(C)(CBr)CNC(=O)CCOCC(F)F. The lowest BCUT2D eigenvalue weighted by Gasteiger charge is -2.21. The summed E-state index contributed by atoms with van der Waals surface area (Å²) >= 11 is 3.34. The maximum Gasteiger partial charge on any atom is 0.261 e. The Morgan fingerprint density at radius 3 is 2.62 bits per heavy atom. The van der Waals surface area contributed by atoms with Crippen LogP contribution in [0.1, 0.15) is 20.3 Å². The average molecular weight is 302 g/mol. The zero-order valence-electron chi connectivity index (χ0n) is 9.56. The molecule has 0 rings (SSSR count). The van der Waals surface area contributed by atoms with Crippen molar-refractivity contribution in [3.05, 3.63) is 0 Å². The summed E-state index contributed by atoms with van der Waals surface area (Å²) < 4.78 is 28.0. The van der Waals surface area contributed by atoms with Crippen LogP contribution in [0, 0.1) is 5.41 Å². The zero-order valence-corrected chi connectivity index (χ0v) is 11.1. The topological polar surface area (TPSA) is 38.3 Å². The minimum absolute atomic E-state index is 0.0144. The van der Waals surface area contributed by atoms with E-state index in [9.17, 15) is 13.6 Å². The highest BCUT2D eigenvalue weighted by Crippen LogP contribution is 2.16. The van der Waals surface area contributed by atoms with Gasteiger partial charge in [0.25, 0.3) is 6.43 Å². The molecule has 3 nitrogen and oxygen atoms in total. The maximum absolute atomic E-state index is 11.7. The minimum Gasteiger partial charge on any atom is -0.375 e. The molecule has 0 bridgehead atoms. The Bertz CT molecular complexity index is 213. The lowest BCUT2D eigenvalue weighted by Crippen LogP contribution is -2.35. The van der Waals surface area contributed by atoms with Crippen molar-refractivity contribution in [1.29, 1.82) is 0 Å². The summed E-state index contributed by atoms with van der Waals surface area (Å²) in [5.41, 5.74) is -0.0144. The van der Waals surface area contributed by atoms with E-state index in [4.69, 9.17) is 0 Å². The summed E-state index contributed by atoms with van der Waals surface area (Å²) in [6.45, 7) is 3.99. The second kappa shape index (κ2) is 7.95. The van der Waals surface area contributed by atoms with E-state index in [1.54, 1.807) is 0 Å². The number of alkyl halides is 3. The molecule has 0 aliphatic carbocycles. The van der Waals surface area contributed by atoms with Crippen LogP contribution in [0.4, 0.5) is 8.78 Å². The molecule has 16 heavy (non-hydrogen) atoms. The first kappa shape index (κ1) is 15.8. The van der Waals surface area contributed by atoms with Crippen LogP contribution in [-0.2, 0) is 9.53 Å². The van der Waals surface area contributed by atoms with Gasteiger partial charge < -0.3 is 10.1 Å². The van der Waals surface area contributed by atoms with Gasteiger partial charge in [-0.3, -0.25) is 4.79 Å². The van der Waals surface area contributed by atoms with E-state index >= 15 is 0 Å². The molecule has 1 N–H and O–H groups in total. The van der Waals surface area contributed by atoms with Gasteiger partial charge in [0.2, 0.25) is 5.91 Å². The van der Waals surface area contributed by atoms with Crippen LogP contribution in [0.2, 0.25) is 0 Å². The highest BCUT2D eigenvalue weighted by Gasteiger charge is 2.16. The van der Waals surface area contributed by atoms with E-state index in [2.05, 4.69) is 26.0 Å². The fraction of sp³-hybridized carbons (Fsp3) is 0.900. The Kier molecular flexibility index (Phi) is 7.83. The largest absolute Gasteiger partial charge is 0.375 e. The fourth-order valence-corrected chi connectivity index (χ4v) is 1.01. The number of halogens is 3. The first-order chi connectivity index (χ1) is 7.37. The molecule has 0 saturated heterocycles. The molecule has 0 aromatic heterocycles. The molecule has 0 unspecified atom stereocenters. The number of nitrogens with one attached hydrogen (secondary N) is 1. The van der Waals surface area contributed by atoms with Crippen molar-refractivity contribution in [2.75, 3.05) is 25.1 Å². The Morgan fingerprint density at radius 1 is 1.50 bits per heavy atom. The number of ether oxygens (including phenoxy) is 1. The predicted octanol–water partition coefficient (Wildman–Crippen LogP) is 2.20. The number of carbonyl (C=O) groups excluding carboxylic acids is 1. The Morgan fingerprint density at radius 2 is 2.12 bits per heavy atom. The van der Waals surface area contributed by atoms with Gasteiger partial charge in [0.15, 0.2) is 0 Å². The molecule has 0 saturated carbocycles. The predicted molar refractivity (Wildman–Crippen MR) is 62.0 cm³/mol. The summed E-state index contributed by atoms with van der Waals surface area (Å²) in [7, 11) is 0. The lowest BCUT2D eigenvalue weighted by molar-refractivity contribution is -0.123. The van der Waals surface area contributed by atoms with E-state index in [0.717, 1.165) is 5.33 Å². The molecular formula is C10H18BrF2NO2. The van der Waals surface area contributed by atoms with Crippen LogP contribution in [0.15, 0.2) is 0 Å². The van der Waals surface area contributed by atoms with Gasteiger partial charge in [-0.2, -0.15) is 0 Å². The summed E-state index contributed by atoms with van der Waals surface area (Å²) in [4.78, 5) is 11.3. The molecular weight excluding hydrogens is 284 g/mol. The van der Waals surface area contributed by atoms with Gasteiger partial charge in [0.05, 0.1) is 6.61 Å². The lowest BCUT2D eigenvalue weighted by atomic mass is 9.97. The van der Waals surface area contributed by atoms with Crippen molar-refractivity contribution in [3.8, 4) is 0 Å². The van der Waals surface area contributed by atoms with Crippen LogP contribution in [0.3, 0.4) is 0 Å². The number of hydrogen-bond donors (Lipinski definition) is 1. The molecule has 0 atom stereocenters. The molecule has 0 aromatic rings. The van der Waals surface area contributed by atoms with Crippen molar-refractivity contribution in [2.45, 2.75) is 26.7 Å². The van der Waals surface area contributed by atoms with Gasteiger partial charge in [-0.15, -0.1) is 0 Å². The number of carbonyl (C=O) groups is 1. The number of hydrogen-bond acceptors (Lipinski definition) is 2. The molecule has 0 aliphatic heterocycles. The third kappa shape index (κ3) is 9.03. The summed E-state index contributed by atoms with van der Waals surface area (Å²) in [6.07, 6.45) is -2.36. The van der Waals surface area contributed by atoms with Crippen molar-refractivity contribution in [3.63, 3.8) is 0 Å². The van der Waals surface area contributed by atoms with Crippen LogP contribution in [-0.4, -0.2) is 37.4 Å². The molecule has 0 spiro atoms. The van der Waals surface area contributed by atoms with Crippen LogP contribution in [0.5, 0.6) is 0 Å². The molecule has 0 aromatic carbocycles. The van der Waals surface area contributed by atoms with Crippen molar-refractivity contribution in [1.82, 2.24) is 5.32 Å². The molecule has 0 fully saturated rings. The fourth-order valence-electron chi connectivity index (χ4n) is 0.811. The maximum atomic E-state index is 11.7.